The third-order valence-electron chi connectivity index (χ3n) is 3.11. The molecule has 0 aliphatic carbocycles. The van der Waals surface area contributed by atoms with E-state index in [0.717, 1.165) is 16.9 Å². The Bertz CT molecular complexity index is 686. The fourth-order valence-electron chi connectivity index (χ4n) is 2.20. The van der Waals surface area contributed by atoms with Crippen LogP contribution in [-0.4, -0.2) is 12.6 Å². The van der Waals surface area contributed by atoms with Gasteiger partial charge in [0.05, 0.1) is 12.2 Å². The predicted molar refractivity (Wildman–Crippen MR) is 77.5 cm³/mol. The molecular formula is C17H14O3. The van der Waals surface area contributed by atoms with Crippen LogP contribution in [0.15, 0.2) is 48.5 Å². The average Bonchev–Trinajstić information content (AvgIpc) is 2.64. The Kier molecular flexibility index (Phi) is 3.25. The van der Waals surface area contributed by atoms with Crippen LogP contribution in [-0.2, 0) is 9.53 Å². The fraction of sp³-hybridized carbons (Fsp3) is 0.118. The van der Waals surface area contributed by atoms with Gasteiger partial charge in [0, 0.05) is 11.1 Å². The van der Waals surface area contributed by atoms with Crippen molar-refractivity contribution >= 4 is 17.6 Å². The first-order chi connectivity index (χ1) is 9.79. The smallest absolute Gasteiger partial charge is 0.338 e. The summed E-state index contributed by atoms with van der Waals surface area (Å²) in [7, 11) is 0. The highest BCUT2D eigenvalue weighted by molar-refractivity contribution is 6.22. The van der Waals surface area contributed by atoms with Crippen molar-refractivity contribution in [3.05, 3.63) is 59.7 Å². The minimum absolute atomic E-state index is 0.333. The van der Waals surface area contributed by atoms with E-state index in [9.17, 15) is 4.79 Å². The molecule has 2 aromatic carbocycles. The number of fused-ring (bicyclic) bond motifs is 2. The quantitative estimate of drug-likeness (QED) is 0.773. The molecule has 2 aromatic rings. The Hall–Kier alpha value is -2.55. The van der Waals surface area contributed by atoms with Crippen LogP contribution >= 0.6 is 0 Å². The zero-order valence-electron chi connectivity index (χ0n) is 11.1. The Morgan fingerprint density at radius 3 is 2.55 bits per heavy atom. The first-order valence-electron chi connectivity index (χ1n) is 6.54. The van der Waals surface area contributed by atoms with Crippen molar-refractivity contribution in [2.75, 3.05) is 6.61 Å². The van der Waals surface area contributed by atoms with Gasteiger partial charge in [0.15, 0.2) is 0 Å². The van der Waals surface area contributed by atoms with Crippen LogP contribution in [0.2, 0.25) is 0 Å². The molecule has 3 nitrogen and oxygen atoms in total. The van der Waals surface area contributed by atoms with E-state index in [4.69, 9.17) is 9.47 Å². The highest BCUT2D eigenvalue weighted by atomic mass is 16.5. The lowest BCUT2D eigenvalue weighted by Gasteiger charge is -2.10. The second-order valence-electron chi connectivity index (χ2n) is 4.41. The molecule has 3 rings (SSSR count). The van der Waals surface area contributed by atoms with E-state index in [-0.39, 0.29) is 5.97 Å². The van der Waals surface area contributed by atoms with Crippen molar-refractivity contribution < 1.29 is 14.3 Å². The zero-order chi connectivity index (χ0) is 13.9. The van der Waals surface area contributed by atoms with E-state index in [2.05, 4.69) is 0 Å². The van der Waals surface area contributed by atoms with Crippen LogP contribution in [0.3, 0.4) is 0 Å². The van der Waals surface area contributed by atoms with Gasteiger partial charge in [-0.1, -0.05) is 36.4 Å². The van der Waals surface area contributed by atoms with Gasteiger partial charge in [0.1, 0.15) is 11.5 Å². The summed E-state index contributed by atoms with van der Waals surface area (Å²) in [5.41, 5.74) is 2.14. The van der Waals surface area contributed by atoms with Crippen molar-refractivity contribution in [2.45, 2.75) is 6.92 Å². The molecule has 100 valence electrons. The number of carbonyl (C=O) groups is 1. The fourth-order valence-corrected chi connectivity index (χ4v) is 2.20. The van der Waals surface area contributed by atoms with Crippen LogP contribution in [0.1, 0.15) is 18.1 Å². The molecule has 0 unspecified atom stereocenters. The molecule has 0 saturated carbocycles. The third-order valence-corrected chi connectivity index (χ3v) is 3.11. The number of hydrogen-bond acceptors (Lipinski definition) is 3. The van der Waals surface area contributed by atoms with Gasteiger partial charge in [0.25, 0.3) is 0 Å². The number of carbonyl (C=O) groups excluding carboxylic acids is 1. The van der Waals surface area contributed by atoms with Gasteiger partial charge >= 0.3 is 5.97 Å². The van der Waals surface area contributed by atoms with E-state index >= 15 is 0 Å². The Labute approximate surface area is 117 Å². The normalized spacial score (nSPS) is 12.3. The van der Waals surface area contributed by atoms with Crippen LogP contribution in [0.4, 0.5) is 0 Å². The zero-order valence-corrected chi connectivity index (χ0v) is 11.1. The van der Waals surface area contributed by atoms with Gasteiger partial charge in [-0.25, -0.2) is 4.79 Å². The average molecular weight is 266 g/mol. The van der Waals surface area contributed by atoms with E-state index in [1.54, 1.807) is 6.92 Å². The summed E-state index contributed by atoms with van der Waals surface area (Å²) >= 11 is 0. The van der Waals surface area contributed by atoms with Crippen molar-refractivity contribution in [3.63, 3.8) is 0 Å². The Balaban J connectivity index is 2.19. The molecule has 1 aliphatic rings. The van der Waals surface area contributed by atoms with Crippen LogP contribution in [0, 0.1) is 0 Å². The summed E-state index contributed by atoms with van der Waals surface area (Å²) in [6.07, 6.45) is 1.82. The molecule has 0 radical (unpaired) electrons. The van der Waals surface area contributed by atoms with Gasteiger partial charge in [0.2, 0.25) is 0 Å². The number of benzene rings is 2. The molecule has 0 bridgehead atoms. The van der Waals surface area contributed by atoms with Crippen LogP contribution < -0.4 is 4.74 Å². The third kappa shape index (κ3) is 2.18. The van der Waals surface area contributed by atoms with Gasteiger partial charge in [-0.15, -0.1) is 0 Å². The van der Waals surface area contributed by atoms with Crippen LogP contribution in [0.5, 0.6) is 11.5 Å². The monoisotopic (exact) mass is 266 g/mol. The van der Waals surface area contributed by atoms with E-state index < -0.39 is 0 Å². The molecule has 20 heavy (non-hydrogen) atoms. The minimum Gasteiger partial charge on any atom is -0.462 e. The van der Waals surface area contributed by atoms with E-state index in [1.807, 2.05) is 54.6 Å². The predicted octanol–water partition coefficient (Wildman–Crippen LogP) is 3.90. The minimum atomic E-state index is -0.333. The highest BCUT2D eigenvalue weighted by Gasteiger charge is 2.21. The number of para-hydroxylation sites is 2. The molecule has 0 spiro atoms. The SMILES string of the molecule is CCOC(=O)C1=Cc2ccccc2Oc2ccccc21. The molecule has 0 atom stereocenters. The largest absolute Gasteiger partial charge is 0.462 e. The van der Waals surface area contributed by atoms with Crippen molar-refractivity contribution in [2.24, 2.45) is 0 Å². The lowest BCUT2D eigenvalue weighted by molar-refractivity contribution is -0.136. The second kappa shape index (κ2) is 5.21. The molecule has 0 N–H and O–H groups in total. The lowest BCUT2D eigenvalue weighted by atomic mass is 10.0. The number of ether oxygens (including phenoxy) is 2. The summed E-state index contributed by atoms with van der Waals surface area (Å²) in [5.74, 6) is 1.07. The van der Waals surface area contributed by atoms with Gasteiger partial charge in [-0.3, -0.25) is 0 Å². The molecule has 1 aliphatic heterocycles. The maximum absolute atomic E-state index is 12.2. The topological polar surface area (TPSA) is 35.5 Å². The summed E-state index contributed by atoms with van der Waals surface area (Å²) in [6.45, 7) is 2.15. The summed E-state index contributed by atoms with van der Waals surface area (Å²) in [5, 5.41) is 0. The van der Waals surface area contributed by atoms with Crippen molar-refractivity contribution in [3.8, 4) is 11.5 Å². The first kappa shape index (κ1) is 12.5. The molecule has 0 fully saturated rings. The molecular weight excluding hydrogens is 252 g/mol. The molecule has 1 heterocycles. The molecule has 0 aromatic heterocycles. The molecule has 0 saturated heterocycles. The van der Waals surface area contributed by atoms with Crippen LogP contribution in [0.25, 0.3) is 11.6 Å². The molecule has 3 heteroatoms. The van der Waals surface area contributed by atoms with E-state index in [1.165, 1.54) is 0 Å². The number of rotatable bonds is 2. The number of esters is 1. The van der Waals surface area contributed by atoms with Crippen molar-refractivity contribution in [1.82, 2.24) is 0 Å². The Morgan fingerprint density at radius 1 is 1.05 bits per heavy atom. The summed E-state index contributed by atoms with van der Waals surface area (Å²) in [4.78, 5) is 12.2. The number of hydrogen-bond donors (Lipinski definition) is 0. The maximum Gasteiger partial charge on any atom is 0.338 e. The van der Waals surface area contributed by atoms with Gasteiger partial charge < -0.3 is 9.47 Å². The van der Waals surface area contributed by atoms with Gasteiger partial charge in [-0.2, -0.15) is 0 Å². The maximum atomic E-state index is 12.2. The molecule has 0 amide bonds. The second-order valence-corrected chi connectivity index (χ2v) is 4.41. The van der Waals surface area contributed by atoms with E-state index in [0.29, 0.717) is 17.9 Å². The van der Waals surface area contributed by atoms with Gasteiger partial charge in [-0.05, 0) is 25.1 Å². The highest BCUT2D eigenvalue weighted by Crippen LogP contribution is 2.38. The first-order valence-corrected chi connectivity index (χ1v) is 6.54. The summed E-state index contributed by atoms with van der Waals surface area (Å²) < 4.78 is 11.0. The standard InChI is InChI=1S/C17H14O3/c1-2-19-17(18)14-11-12-7-3-5-9-15(12)20-16-10-6-4-8-13(14)16/h3-11H,2H2,1H3. The lowest BCUT2D eigenvalue weighted by Crippen LogP contribution is -2.06. The van der Waals surface area contributed by atoms with Crippen molar-refractivity contribution in [1.29, 1.82) is 0 Å². The summed E-state index contributed by atoms with van der Waals surface area (Å²) in [6, 6.07) is 15.1. The Morgan fingerprint density at radius 2 is 1.75 bits per heavy atom.